The summed E-state index contributed by atoms with van der Waals surface area (Å²) in [4.78, 5) is 0. The van der Waals surface area contributed by atoms with Gasteiger partial charge in [-0.2, -0.15) is 0 Å². The molecule has 5 nitrogen and oxygen atoms in total. The molecule has 0 bridgehead atoms. The molecule has 0 aliphatic rings. The number of hydrogen-bond donors (Lipinski definition) is 5. The van der Waals surface area contributed by atoms with E-state index >= 15 is 0 Å². The highest BCUT2D eigenvalue weighted by molar-refractivity contribution is 4.84. The Kier molecular flexibility index (Phi) is 16.8. The van der Waals surface area contributed by atoms with Gasteiger partial charge in [0.25, 0.3) is 0 Å². The van der Waals surface area contributed by atoms with E-state index in [1.54, 1.807) is 0 Å². The third-order valence-corrected chi connectivity index (χ3v) is 3.43. The van der Waals surface area contributed by atoms with Gasteiger partial charge in [-0.3, -0.25) is 0 Å². The summed E-state index contributed by atoms with van der Waals surface area (Å²) >= 11 is 0. The zero-order valence-corrected chi connectivity index (χ0v) is 13.1. The van der Waals surface area contributed by atoms with E-state index in [1.165, 1.54) is 0 Å². The highest BCUT2D eigenvalue weighted by Crippen LogP contribution is 2.23. The second-order valence-electron chi connectivity index (χ2n) is 5.12. The van der Waals surface area contributed by atoms with Crippen molar-refractivity contribution in [2.45, 2.75) is 76.9 Å². The van der Waals surface area contributed by atoms with Crippen LogP contribution in [0, 0.1) is 0 Å². The molecular weight excluding hydrogens is 260 g/mol. The third kappa shape index (κ3) is 11.6. The Morgan fingerprint density at radius 3 is 1.75 bits per heavy atom. The van der Waals surface area contributed by atoms with Crippen molar-refractivity contribution < 1.29 is 25.5 Å². The second-order valence-corrected chi connectivity index (χ2v) is 5.12. The summed E-state index contributed by atoms with van der Waals surface area (Å²) in [5.41, 5.74) is -1.09. The maximum absolute atomic E-state index is 9.98. The summed E-state index contributed by atoms with van der Waals surface area (Å²) in [6, 6.07) is 0. The Balaban J connectivity index is 0. The average molecular weight is 294 g/mol. The van der Waals surface area contributed by atoms with Crippen molar-refractivity contribution in [2.75, 3.05) is 19.8 Å². The van der Waals surface area contributed by atoms with Gasteiger partial charge in [-0.25, -0.2) is 0 Å². The van der Waals surface area contributed by atoms with Gasteiger partial charge in [0.2, 0.25) is 0 Å². The molecule has 0 rings (SSSR count). The number of aliphatic hydroxyl groups excluding tert-OH is 4. The molecule has 0 amide bonds. The molecule has 20 heavy (non-hydrogen) atoms. The Bertz CT molecular complexity index is 185. The summed E-state index contributed by atoms with van der Waals surface area (Å²) in [6.45, 7) is 3.99. The molecule has 0 aromatic rings. The topological polar surface area (TPSA) is 101 Å². The molecule has 2 unspecified atom stereocenters. The minimum atomic E-state index is -1.09. The summed E-state index contributed by atoms with van der Waals surface area (Å²) < 4.78 is 0. The Hall–Kier alpha value is -0.200. The second kappa shape index (κ2) is 15.2. The van der Waals surface area contributed by atoms with Gasteiger partial charge >= 0.3 is 0 Å². The molecule has 0 aromatic heterocycles. The Labute approximate surface area is 123 Å². The lowest BCUT2D eigenvalue weighted by Crippen LogP contribution is -2.43. The molecule has 124 valence electrons. The van der Waals surface area contributed by atoms with Crippen molar-refractivity contribution >= 4 is 0 Å². The van der Waals surface area contributed by atoms with E-state index in [4.69, 9.17) is 15.3 Å². The summed E-state index contributed by atoms with van der Waals surface area (Å²) in [5.74, 6) is 0. The minimum Gasteiger partial charge on any atom is -0.396 e. The van der Waals surface area contributed by atoms with Gasteiger partial charge in [0, 0.05) is 13.2 Å². The maximum atomic E-state index is 9.98. The van der Waals surface area contributed by atoms with Crippen LogP contribution >= 0.6 is 0 Å². The highest BCUT2D eigenvalue weighted by atomic mass is 16.4. The predicted molar refractivity (Wildman–Crippen MR) is 80.5 cm³/mol. The minimum absolute atomic E-state index is 0.195. The molecule has 0 aliphatic heterocycles. The normalized spacial score (nSPS) is 15.2. The average Bonchev–Trinajstić information content (AvgIpc) is 2.49. The van der Waals surface area contributed by atoms with Crippen LogP contribution in [0.4, 0.5) is 0 Å². The van der Waals surface area contributed by atoms with Gasteiger partial charge in [-0.15, -0.1) is 0 Å². The van der Waals surface area contributed by atoms with Crippen molar-refractivity contribution in [1.29, 1.82) is 0 Å². The van der Waals surface area contributed by atoms with Crippen LogP contribution in [-0.2, 0) is 0 Å². The SMILES string of the molecule is CCCCCCC(O)(CC)C(O)CO.OCCCCO. The number of aliphatic hydroxyl groups is 5. The molecule has 0 aliphatic carbocycles. The van der Waals surface area contributed by atoms with E-state index in [-0.39, 0.29) is 19.8 Å². The molecular formula is C15H34O5. The fourth-order valence-electron chi connectivity index (χ4n) is 1.83. The highest BCUT2D eigenvalue weighted by Gasteiger charge is 2.32. The summed E-state index contributed by atoms with van der Waals surface area (Å²) in [7, 11) is 0. The van der Waals surface area contributed by atoms with E-state index in [2.05, 4.69) is 6.92 Å². The fraction of sp³-hybridized carbons (Fsp3) is 1.00. The monoisotopic (exact) mass is 294 g/mol. The van der Waals surface area contributed by atoms with Crippen molar-refractivity contribution in [3.05, 3.63) is 0 Å². The number of unbranched alkanes of at least 4 members (excludes halogenated alkanes) is 4. The van der Waals surface area contributed by atoms with Crippen LogP contribution in [0.1, 0.15) is 65.2 Å². The zero-order chi connectivity index (χ0) is 15.9. The summed E-state index contributed by atoms with van der Waals surface area (Å²) in [6.07, 6.45) is 5.81. The van der Waals surface area contributed by atoms with Crippen molar-refractivity contribution in [2.24, 2.45) is 0 Å². The first kappa shape index (κ1) is 22.1. The van der Waals surface area contributed by atoms with Crippen LogP contribution in [0.3, 0.4) is 0 Å². The smallest absolute Gasteiger partial charge is 0.106 e. The van der Waals surface area contributed by atoms with Crippen LogP contribution < -0.4 is 0 Å². The Morgan fingerprint density at radius 2 is 1.40 bits per heavy atom. The van der Waals surface area contributed by atoms with Crippen LogP contribution in [0.5, 0.6) is 0 Å². The third-order valence-electron chi connectivity index (χ3n) is 3.43. The van der Waals surface area contributed by atoms with Gasteiger partial charge in [-0.05, 0) is 25.7 Å². The van der Waals surface area contributed by atoms with Crippen molar-refractivity contribution in [3.63, 3.8) is 0 Å². The molecule has 2 atom stereocenters. The molecule has 5 heteroatoms. The van der Waals surface area contributed by atoms with Crippen LogP contribution in [0.2, 0.25) is 0 Å². The van der Waals surface area contributed by atoms with Gasteiger partial charge in [0.05, 0.1) is 12.2 Å². The molecule has 0 spiro atoms. The van der Waals surface area contributed by atoms with Gasteiger partial charge in [0.15, 0.2) is 0 Å². The zero-order valence-electron chi connectivity index (χ0n) is 13.1. The first-order valence-electron chi connectivity index (χ1n) is 7.75. The van der Waals surface area contributed by atoms with E-state index < -0.39 is 11.7 Å². The molecule has 0 radical (unpaired) electrons. The fourth-order valence-corrected chi connectivity index (χ4v) is 1.83. The van der Waals surface area contributed by atoms with Crippen molar-refractivity contribution in [1.82, 2.24) is 0 Å². The molecule has 0 saturated heterocycles. The molecule has 0 heterocycles. The quantitative estimate of drug-likeness (QED) is 0.369. The Morgan fingerprint density at radius 1 is 0.850 bits per heavy atom. The number of rotatable bonds is 11. The van der Waals surface area contributed by atoms with Crippen LogP contribution in [-0.4, -0.2) is 57.1 Å². The molecule has 0 aromatic carbocycles. The van der Waals surface area contributed by atoms with E-state index in [0.29, 0.717) is 12.8 Å². The first-order valence-corrected chi connectivity index (χ1v) is 7.75. The standard InChI is InChI=1S/C11H24O3.C4H10O2/c1-3-5-6-7-8-11(14,4-2)10(13)9-12;5-3-1-2-4-6/h10,12-14H,3-9H2,1-2H3;5-6H,1-4H2. The predicted octanol–water partition coefficient (Wildman–Crippen LogP) is 1.20. The van der Waals surface area contributed by atoms with E-state index in [9.17, 15) is 10.2 Å². The lowest BCUT2D eigenvalue weighted by molar-refractivity contribution is -0.102. The molecule has 5 N–H and O–H groups in total. The number of hydrogen-bond acceptors (Lipinski definition) is 5. The van der Waals surface area contributed by atoms with Crippen LogP contribution in [0.15, 0.2) is 0 Å². The first-order chi connectivity index (χ1) is 9.52. The lowest BCUT2D eigenvalue weighted by Gasteiger charge is -2.31. The van der Waals surface area contributed by atoms with Gasteiger partial charge in [0.1, 0.15) is 6.10 Å². The van der Waals surface area contributed by atoms with E-state index in [1.807, 2.05) is 6.92 Å². The van der Waals surface area contributed by atoms with Crippen molar-refractivity contribution in [3.8, 4) is 0 Å². The maximum Gasteiger partial charge on any atom is 0.106 e. The van der Waals surface area contributed by atoms with Gasteiger partial charge in [-0.1, -0.05) is 39.5 Å². The molecule has 0 fully saturated rings. The van der Waals surface area contributed by atoms with E-state index in [0.717, 1.165) is 38.5 Å². The van der Waals surface area contributed by atoms with Gasteiger partial charge < -0.3 is 25.5 Å². The summed E-state index contributed by atoms with van der Waals surface area (Å²) in [5, 5.41) is 44.4. The lowest BCUT2D eigenvalue weighted by atomic mass is 9.88. The van der Waals surface area contributed by atoms with Crippen LogP contribution in [0.25, 0.3) is 0 Å². The molecule has 0 saturated carbocycles. The largest absolute Gasteiger partial charge is 0.396 e.